The molecule has 0 N–H and O–H groups in total. The van der Waals surface area contributed by atoms with E-state index >= 15 is 0 Å². The average molecular weight is 238 g/mol. The number of thiol groups is 1. The predicted molar refractivity (Wildman–Crippen MR) is 46.4 cm³/mol. The Kier molecular flexibility index (Phi) is 5.32. The second kappa shape index (κ2) is 5.13. The summed E-state index contributed by atoms with van der Waals surface area (Å²) in [5.74, 6) is 0. The van der Waals surface area contributed by atoms with Crippen LogP contribution in [0.5, 0.6) is 0 Å². The average Bonchev–Trinajstić information content (AvgIpc) is 1.94. The molecule has 0 aromatic heterocycles. The molecule has 0 aliphatic rings. The molecule has 0 bridgehead atoms. The SMILES string of the molecule is C=[C-]c1cc(S)ccc1C.[Y+3]. The second-order valence-corrected chi connectivity index (χ2v) is 2.69. The topological polar surface area (TPSA) is 0 Å². The Labute approximate surface area is 98.4 Å². The summed E-state index contributed by atoms with van der Waals surface area (Å²) in [5, 5.41) is 0. The molecule has 2 heteroatoms. The molecule has 0 amide bonds. The molecule has 0 aliphatic heterocycles. The summed E-state index contributed by atoms with van der Waals surface area (Å²) < 4.78 is 0. The van der Waals surface area contributed by atoms with Crippen LogP contribution in [0, 0.1) is 13.0 Å². The van der Waals surface area contributed by atoms with E-state index in [1.807, 2.05) is 25.1 Å². The number of benzene rings is 1. The molecular weight excluding hydrogens is 229 g/mol. The summed E-state index contributed by atoms with van der Waals surface area (Å²) in [7, 11) is 0. The van der Waals surface area contributed by atoms with Crippen molar-refractivity contribution in [2.24, 2.45) is 0 Å². The van der Waals surface area contributed by atoms with Gasteiger partial charge >= 0.3 is 32.7 Å². The third kappa shape index (κ3) is 3.10. The molecule has 52 valence electrons. The van der Waals surface area contributed by atoms with E-state index in [1.165, 1.54) is 5.56 Å². The first kappa shape index (κ1) is 11.4. The zero-order chi connectivity index (χ0) is 7.56. The summed E-state index contributed by atoms with van der Waals surface area (Å²) >= 11 is 4.19. The van der Waals surface area contributed by atoms with Gasteiger partial charge in [0.2, 0.25) is 0 Å². The number of hydrogen-bond donors (Lipinski definition) is 1. The zero-order valence-electron chi connectivity index (χ0n) is 6.46. The fourth-order valence-corrected chi connectivity index (χ4v) is 1.00. The van der Waals surface area contributed by atoms with Crippen LogP contribution in [0.3, 0.4) is 0 Å². The van der Waals surface area contributed by atoms with E-state index in [4.69, 9.17) is 0 Å². The summed E-state index contributed by atoms with van der Waals surface area (Å²) in [4.78, 5) is 0.955. The molecule has 0 nitrogen and oxygen atoms in total. The Morgan fingerprint density at radius 1 is 1.45 bits per heavy atom. The maximum Gasteiger partial charge on any atom is 3.00 e. The minimum absolute atomic E-state index is 0. The van der Waals surface area contributed by atoms with Gasteiger partial charge in [-0.2, -0.15) is 36.4 Å². The van der Waals surface area contributed by atoms with E-state index in [9.17, 15) is 0 Å². The fourth-order valence-electron chi connectivity index (χ4n) is 0.800. The van der Waals surface area contributed by atoms with Crippen molar-refractivity contribution in [3.63, 3.8) is 0 Å². The summed E-state index contributed by atoms with van der Waals surface area (Å²) in [6.45, 7) is 5.60. The van der Waals surface area contributed by atoms with Crippen molar-refractivity contribution in [1.29, 1.82) is 0 Å². The van der Waals surface area contributed by atoms with Crippen molar-refractivity contribution < 1.29 is 32.7 Å². The van der Waals surface area contributed by atoms with E-state index in [0.717, 1.165) is 10.5 Å². The van der Waals surface area contributed by atoms with Crippen LogP contribution >= 0.6 is 12.6 Å². The van der Waals surface area contributed by atoms with E-state index in [0.29, 0.717) is 0 Å². The van der Waals surface area contributed by atoms with Crippen LogP contribution in [-0.4, -0.2) is 0 Å². The molecule has 0 spiro atoms. The van der Waals surface area contributed by atoms with Crippen LogP contribution in [0.15, 0.2) is 29.7 Å². The monoisotopic (exact) mass is 238 g/mol. The van der Waals surface area contributed by atoms with Crippen LogP contribution in [0.1, 0.15) is 11.1 Å². The van der Waals surface area contributed by atoms with Crippen molar-refractivity contribution >= 4 is 12.6 Å². The van der Waals surface area contributed by atoms with Gasteiger partial charge in [-0.1, -0.05) is 17.9 Å². The van der Waals surface area contributed by atoms with Crippen LogP contribution in [0.2, 0.25) is 0 Å². The van der Waals surface area contributed by atoms with Crippen LogP contribution in [0.4, 0.5) is 0 Å². The molecule has 0 unspecified atom stereocenters. The molecule has 1 aromatic rings. The molecule has 11 heavy (non-hydrogen) atoms. The molecule has 0 aliphatic carbocycles. The third-order valence-corrected chi connectivity index (χ3v) is 1.69. The number of aryl methyl sites for hydroxylation is 1. The van der Waals surface area contributed by atoms with E-state index < -0.39 is 0 Å². The predicted octanol–water partition coefficient (Wildman–Crippen LogP) is 2.62. The molecule has 0 fully saturated rings. The zero-order valence-corrected chi connectivity index (χ0v) is 10.2. The van der Waals surface area contributed by atoms with Gasteiger partial charge in [0, 0.05) is 0 Å². The van der Waals surface area contributed by atoms with Crippen molar-refractivity contribution in [3.8, 4) is 0 Å². The Hall–Kier alpha value is 0.414. The van der Waals surface area contributed by atoms with Gasteiger partial charge in [-0.15, -0.1) is 12.1 Å². The van der Waals surface area contributed by atoms with Crippen molar-refractivity contribution in [1.82, 2.24) is 0 Å². The first-order chi connectivity index (χ1) is 4.74. The standard InChI is InChI=1S/C9H9S.Y/c1-3-8-6-9(10)5-4-7(8)2;/h4-6,10H,1H2,2H3;/q-1;+3. The summed E-state index contributed by atoms with van der Waals surface area (Å²) in [6.07, 6.45) is 2.84. The smallest absolute Gasteiger partial charge is 0.189 e. The number of hydrogen-bond acceptors (Lipinski definition) is 1. The van der Waals surface area contributed by atoms with Gasteiger partial charge in [0.15, 0.2) is 0 Å². The maximum absolute atomic E-state index is 4.19. The number of rotatable bonds is 1. The Morgan fingerprint density at radius 3 is 2.55 bits per heavy atom. The Morgan fingerprint density at radius 2 is 2.09 bits per heavy atom. The largest absolute Gasteiger partial charge is 3.00 e. The van der Waals surface area contributed by atoms with Gasteiger partial charge in [0.05, 0.1) is 0 Å². The molecule has 0 saturated carbocycles. The quantitative estimate of drug-likeness (QED) is 0.564. The maximum atomic E-state index is 4.19. The normalized spacial score (nSPS) is 8.55. The first-order valence-electron chi connectivity index (χ1n) is 3.07. The second-order valence-electron chi connectivity index (χ2n) is 2.18. The molecule has 0 atom stereocenters. The molecule has 0 heterocycles. The third-order valence-electron chi connectivity index (χ3n) is 1.41. The van der Waals surface area contributed by atoms with Crippen molar-refractivity contribution in [3.05, 3.63) is 42.0 Å². The van der Waals surface area contributed by atoms with E-state index in [-0.39, 0.29) is 32.7 Å². The molecular formula is C9H9SY+2. The van der Waals surface area contributed by atoms with Gasteiger partial charge < -0.3 is 0 Å². The first-order valence-corrected chi connectivity index (χ1v) is 3.51. The van der Waals surface area contributed by atoms with Gasteiger partial charge in [-0.25, -0.2) is 0 Å². The van der Waals surface area contributed by atoms with Gasteiger partial charge in [-0.3, -0.25) is 0 Å². The van der Waals surface area contributed by atoms with Crippen molar-refractivity contribution in [2.75, 3.05) is 0 Å². The minimum atomic E-state index is 0. The van der Waals surface area contributed by atoms with E-state index in [1.54, 1.807) is 0 Å². The molecule has 0 saturated heterocycles. The Bertz CT molecular complexity index is 256. The Balaban J connectivity index is 0.000001000. The van der Waals surface area contributed by atoms with Gasteiger partial charge in [0.1, 0.15) is 0 Å². The molecule has 1 aromatic carbocycles. The summed E-state index contributed by atoms with van der Waals surface area (Å²) in [5.41, 5.74) is 2.22. The van der Waals surface area contributed by atoms with Crippen LogP contribution < -0.4 is 0 Å². The fraction of sp³-hybridized carbons (Fsp3) is 0.111. The van der Waals surface area contributed by atoms with Crippen LogP contribution in [0.25, 0.3) is 0 Å². The van der Waals surface area contributed by atoms with Crippen LogP contribution in [-0.2, 0) is 32.7 Å². The molecule has 0 radical (unpaired) electrons. The van der Waals surface area contributed by atoms with Gasteiger partial charge in [0.25, 0.3) is 0 Å². The van der Waals surface area contributed by atoms with Crippen molar-refractivity contribution in [2.45, 2.75) is 11.8 Å². The van der Waals surface area contributed by atoms with E-state index in [2.05, 4.69) is 25.3 Å². The minimum Gasteiger partial charge on any atom is -0.189 e. The molecule has 1 rings (SSSR count). The summed E-state index contributed by atoms with van der Waals surface area (Å²) in [6, 6.07) is 5.92. The van der Waals surface area contributed by atoms with Gasteiger partial charge in [-0.05, 0) is 0 Å².